The van der Waals surface area contributed by atoms with Crippen LogP contribution in [0.1, 0.15) is 82.5 Å². The van der Waals surface area contributed by atoms with E-state index in [1.807, 2.05) is 30.1 Å². The van der Waals surface area contributed by atoms with Crippen LogP contribution in [-0.2, 0) is 12.0 Å². The molecule has 1 atom stereocenters. The van der Waals surface area contributed by atoms with Crippen LogP contribution in [-0.4, -0.2) is 52.4 Å². The van der Waals surface area contributed by atoms with Crippen molar-refractivity contribution in [3.63, 3.8) is 0 Å². The van der Waals surface area contributed by atoms with Gasteiger partial charge in [0.15, 0.2) is 0 Å². The Morgan fingerprint density at radius 3 is 2.33 bits per heavy atom. The van der Waals surface area contributed by atoms with Crippen molar-refractivity contribution < 1.29 is 4.39 Å². The molecule has 0 N–H and O–H groups in total. The predicted octanol–water partition coefficient (Wildman–Crippen LogP) is 8.38. The van der Waals surface area contributed by atoms with Gasteiger partial charge in [0.25, 0.3) is 0 Å². The number of thioether (sulfide) groups is 1. The Labute approximate surface area is 262 Å². The number of piperidine rings is 1. The van der Waals surface area contributed by atoms with Crippen LogP contribution in [0.3, 0.4) is 0 Å². The maximum absolute atomic E-state index is 14.9. The van der Waals surface area contributed by atoms with Crippen molar-refractivity contribution in [3.8, 4) is 0 Å². The third kappa shape index (κ3) is 6.29. The molecule has 230 valence electrons. The molecule has 0 radical (unpaired) electrons. The predicted molar refractivity (Wildman–Crippen MR) is 177 cm³/mol. The van der Waals surface area contributed by atoms with Crippen LogP contribution in [0.5, 0.6) is 0 Å². The van der Waals surface area contributed by atoms with E-state index in [1.54, 1.807) is 6.07 Å². The van der Waals surface area contributed by atoms with Gasteiger partial charge in [0.1, 0.15) is 11.6 Å². The van der Waals surface area contributed by atoms with E-state index < -0.39 is 0 Å². The molecule has 3 aromatic rings. The Morgan fingerprint density at radius 2 is 1.65 bits per heavy atom. The molecule has 0 amide bonds. The van der Waals surface area contributed by atoms with E-state index in [4.69, 9.17) is 4.98 Å². The Morgan fingerprint density at radius 1 is 0.930 bits per heavy atom. The molecule has 2 aromatic carbocycles. The zero-order valence-corrected chi connectivity index (χ0v) is 27.0. The van der Waals surface area contributed by atoms with Crippen molar-refractivity contribution in [1.82, 2.24) is 14.5 Å². The highest BCUT2D eigenvalue weighted by atomic mass is 32.2. The van der Waals surface area contributed by atoms with Gasteiger partial charge in [-0.25, -0.2) is 9.37 Å². The number of imidazole rings is 1. The fraction of sp³-hybridized carbons (Fsp3) is 0.595. The van der Waals surface area contributed by atoms with E-state index in [1.165, 1.54) is 87.1 Å². The molecule has 3 heterocycles. The average Bonchev–Trinajstić information content (AvgIpc) is 3.41. The molecule has 0 spiro atoms. The summed E-state index contributed by atoms with van der Waals surface area (Å²) in [5, 5.41) is 0.865. The lowest BCUT2D eigenvalue weighted by Crippen LogP contribution is -2.54. The van der Waals surface area contributed by atoms with Gasteiger partial charge in [0, 0.05) is 71.7 Å². The first-order valence-electron chi connectivity index (χ1n) is 17.0. The van der Waals surface area contributed by atoms with Gasteiger partial charge in [-0.05, 0) is 105 Å². The summed E-state index contributed by atoms with van der Waals surface area (Å²) in [5.74, 6) is 3.30. The standard InChI is InChI=1S/C37H49FN4S/c1-27(2)36-39-18-21-41(36)26-37(29-6-3-4-7-29,31-8-5-9-32(38)22-31)30-16-19-40(20-17-30)23-28-24-42(25-28)33-10-12-34(13-11-33)43-35-14-15-35/h5,8-13,18,21-22,27-30,35H,3-4,6-7,14-17,19-20,23-26H2,1-2H3. The van der Waals surface area contributed by atoms with Crippen molar-refractivity contribution in [2.24, 2.45) is 17.8 Å². The van der Waals surface area contributed by atoms with E-state index in [-0.39, 0.29) is 11.2 Å². The van der Waals surface area contributed by atoms with Gasteiger partial charge >= 0.3 is 0 Å². The second-order valence-electron chi connectivity index (χ2n) is 14.3. The molecule has 43 heavy (non-hydrogen) atoms. The fourth-order valence-corrected chi connectivity index (χ4v) is 9.67. The average molecular weight is 601 g/mol. The quantitative estimate of drug-likeness (QED) is 0.221. The fourth-order valence-electron chi connectivity index (χ4n) is 8.62. The monoisotopic (exact) mass is 600 g/mol. The van der Waals surface area contributed by atoms with Gasteiger partial charge in [-0.3, -0.25) is 0 Å². The van der Waals surface area contributed by atoms with Crippen LogP contribution >= 0.6 is 11.8 Å². The van der Waals surface area contributed by atoms with Crippen LogP contribution in [0.2, 0.25) is 0 Å². The summed E-state index contributed by atoms with van der Waals surface area (Å²) in [7, 11) is 0. The topological polar surface area (TPSA) is 24.3 Å². The molecular weight excluding hydrogens is 552 g/mol. The second kappa shape index (κ2) is 12.6. The highest BCUT2D eigenvalue weighted by molar-refractivity contribution is 8.00. The third-order valence-corrected chi connectivity index (χ3v) is 12.3. The first-order valence-corrected chi connectivity index (χ1v) is 17.9. The molecule has 2 aliphatic carbocycles. The van der Waals surface area contributed by atoms with Crippen LogP contribution in [0.25, 0.3) is 0 Å². The number of hydrogen-bond acceptors (Lipinski definition) is 4. The molecule has 4 aliphatic rings. The number of aromatic nitrogens is 2. The highest BCUT2D eigenvalue weighted by Crippen LogP contribution is 2.52. The van der Waals surface area contributed by atoms with E-state index in [0.29, 0.717) is 17.8 Å². The Hall–Kier alpha value is -2.31. The van der Waals surface area contributed by atoms with E-state index in [2.05, 4.69) is 64.7 Å². The lowest BCUT2D eigenvalue weighted by molar-refractivity contribution is 0.0638. The lowest BCUT2D eigenvalue weighted by atomic mass is 9.59. The number of rotatable bonds is 11. The first-order chi connectivity index (χ1) is 21.0. The molecular formula is C37H49FN4S. The van der Waals surface area contributed by atoms with Crippen molar-refractivity contribution in [2.75, 3.05) is 37.6 Å². The van der Waals surface area contributed by atoms with Crippen molar-refractivity contribution in [3.05, 3.63) is 78.1 Å². The minimum absolute atomic E-state index is 0.0632. The number of hydrogen-bond donors (Lipinski definition) is 0. The van der Waals surface area contributed by atoms with E-state index in [9.17, 15) is 4.39 Å². The number of halogens is 1. The normalized spacial score (nSPS) is 22.3. The van der Waals surface area contributed by atoms with Gasteiger partial charge in [-0.15, -0.1) is 11.8 Å². The zero-order valence-electron chi connectivity index (χ0n) is 26.1. The van der Waals surface area contributed by atoms with Gasteiger partial charge in [0.05, 0.1) is 0 Å². The smallest absolute Gasteiger partial charge is 0.123 e. The summed E-state index contributed by atoms with van der Waals surface area (Å²) >= 11 is 2.04. The summed E-state index contributed by atoms with van der Waals surface area (Å²) in [6.07, 6.45) is 14.4. The highest BCUT2D eigenvalue weighted by Gasteiger charge is 2.49. The van der Waals surface area contributed by atoms with Gasteiger partial charge < -0.3 is 14.4 Å². The molecule has 4 nitrogen and oxygen atoms in total. The molecule has 7 rings (SSSR count). The first kappa shape index (κ1) is 29.4. The maximum Gasteiger partial charge on any atom is 0.123 e. The summed E-state index contributed by atoms with van der Waals surface area (Å²) < 4.78 is 17.3. The Kier molecular flexibility index (Phi) is 8.61. The van der Waals surface area contributed by atoms with Crippen molar-refractivity contribution >= 4 is 17.4 Å². The van der Waals surface area contributed by atoms with Crippen LogP contribution in [0.4, 0.5) is 10.1 Å². The maximum atomic E-state index is 14.9. The molecule has 2 saturated carbocycles. The van der Waals surface area contributed by atoms with Crippen molar-refractivity contribution in [2.45, 2.75) is 93.2 Å². The molecule has 0 bridgehead atoms. The molecule has 1 unspecified atom stereocenters. The van der Waals surface area contributed by atoms with Gasteiger partial charge in [0.2, 0.25) is 0 Å². The van der Waals surface area contributed by atoms with Crippen molar-refractivity contribution in [1.29, 1.82) is 0 Å². The van der Waals surface area contributed by atoms with Crippen LogP contribution in [0.15, 0.2) is 65.8 Å². The summed E-state index contributed by atoms with van der Waals surface area (Å²) in [6.45, 7) is 11.2. The van der Waals surface area contributed by atoms with Crippen LogP contribution < -0.4 is 4.90 Å². The largest absolute Gasteiger partial charge is 0.371 e. The minimum Gasteiger partial charge on any atom is -0.371 e. The SMILES string of the molecule is CC(C)c1nccn1CC(c1cccc(F)c1)(C1CCCC1)C1CCN(CC2CN(c3ccc(SC4CC4)cc3)C2)CC1. The third-order valence-electron chi connectivity index (χ3n) is 11.0. The van der Waals surface area contributed by atoms with E-state index in [0.717, 1.165) is 36.6 Å². The molecule has 4 fully saturated rings. The number of likely N-dealkylation sites (tertiary alicyclic amines) is 1. The summed E-state index contributed by atoms with van der Waals surface area (Å²) in [5.41, 5.74) is 2.54. The molecule has 2 aliphatic heterocycles. The lowest BCUT2D eigenvalue weighted by Gasteiger charge is -2.50. The molecule has 1 aromatic heterocycles. The minimum atomic E-state index is -0.0992. The Balaban J connectivity index is 1.04. The van der Waals surface area contributed by atoms with Crippen LogP contribution in [0, 0.1) is 23.6 Å². The number of benzene rings is 2. The summed E-state index contributed by atoms with van der Waals surface area (Å²) in [4.78, 5) is 11.5. The summed E-state index contributed by atoms with van der Waals surface area (Å²) in [6, 6.07) is 17.0. The molecule has 2 saturated heterocycles. The second-order valence-corrected chi connectivity index (χ2v) is 15.6. The number of anilines is 1. The van der Waals surface area contributed by atoms with E-state index >= 15 is 0 Å². The van der Waals surface area contributed by atoms with Gasteiger partial charge in [-0.2, -0.15) is 0 Å². The Bertz CT molecular complexity index is 1350. The van der Waals surface area contributed by atoms with Gasteiger partial charge in [-0.1, -0.05) is 38.8 Å². The number of nitrogens with zero attached hydrogens (tertiary/aromatic N) is 4. The molecule has 6 heteroatoms. The zero-order chi connectivity index (χ0) is 29.4.